The van der Waals surface area contributed by atoms with E-state index in [0.29, 0.717) is 59.6 Å². The zero-order valence-electron chi connectivity index (χ0n) is 37.2. The van der Waals surface area contributed by atoms with Crippen molar-refractivity contribution in [2.45, 2.75) is 118 Å². The number of esters is 4. The van der Waals surface area contributed by atoms with Crippen LogP contribution in [-0.4, -0.2) is 63.5 Å². The molecule has 0 spiro atoms. The Morgan fingerprint density at radius 2 is 1.18 bits per heavy atom. The number of aryl methyl sites for hydroxylation is 2. The number of hydrogen-bond donors (Lipinski definition) is 1. The lowest BCUT2D eigenvalue weighted by Gasteiger charge is -2.32. The minimum Gasteiger partial charge on any atom is -0.492 e. The molecule has 0 heterocycles. The highest BCUT2D eigenvalue weighted by Gasteiger charge is 2.35. The summed E-state index contributed by atoms with van der Waals surface area (Å²) in [6.45, 7) is 22.4. The van der Waals surface area contributed by atoms with Gasteiger partial charge in [0.1, 0.15) is 31.4 Å². The van der Waals surface area contributed by atoms with E-state index >= 15 is 4.39 Å². The van der Waals surface area contributed by atoms with Crippen LogP contribution in [0.5, 0.6) is 5.75 Å². The first-order chi connectivity index (χ1) is 29.0. The molecule has 11 heteroatoms. The summed E-state index contributed by atoms with van der Waals surface area (Å²) in [6.07, 6.45) is 10.9. The molecule has 2 N–H and O–H groups in total. The fourth-order valence-corrected chi connectivity index (χ4v) is 7.27. The van der Waals surface area contributed by atoms with E-state index in [0.717, 1.165) is 37.2 Å². The molecule has 10 nitrogen and oxygen atoms in total. The van der Waals surface area contributed by atoms with Crippen LogP contribution >= 0.6 is 0 Å². The molecule has 0 aromatic heterocycles. The first kappa shape index (κ1) is 50.3. The first-order valence-electron chi connectivity index (χ1n) is 21.6. The molecule has 0 saturated heterocycles. The normalized spacial score (nSPS) is 15.0. The lowest BCUT2D eigenvalue weighted by atomic mass is 9.77. The molecule has 2 aromatic carbocycles. The van der Waals surface area contributed by atoms with E-state index in [4.69, 9.17) is 29.4 Å². The maximum atomic E-state index is 16.4. The van der Waals surface area contributed by atoms with Gasteiger partial charge in [-0.15, -0.1) is 0 Å². The van der Waals surface area contributed by atoms with Gasteiger partial charge in [0.05, 0.1) is 18.6 Å². The Morgan fingerprint density at radius 3 is 1.62 bits per heavy atom. The second-order valence-corrected chi connectivity index (χ2v) is 16.8. The van der Waals surface area contributed by atoms with Crippen LogP contribution in [0.2, 0.25) is 0 Å². The molecule has 61 heavy (non-hydrogen) atoms. The number of hydrogen-bond acceptors (Lipinski definition) is 10. The van der Waals surface area contributed by atoms with Crippen molar-refractivity contribution in [3.8, 4) is 16.9 Å². The molecule has 334 valence electrons. The van der Waals surface area contributed by atoms with Gasteiger partial charge < -0.3 is 29.4 Å². The predicted octanol–water partition coefficient (Wildman–Crippen LogP) is 10.0. The van der Waals surface area contributed by atoms with Gasteiger partial charge in [0.2, 0.25) is 0 Å². The fourth-order valence-electron chi connectivity index (χ4n) is 7.27. The number of benzene rings is 2. The van der Waals surface area contributed by atoms with Crippen molar-refractivity contribution in [1.82, 2.24) is 0 Å². The van der Waals surface area contributed by atoms with E-state index in [-0.39, 0.29) is 67.7 Å². The second-order valence-electron chi connectivity index (χ2n) is 16.8. The van der Waals surface area contributed by atoms with Gasteiger partial charge in [-0.2, -0.15) is 0 Å². The smallest absolute Gasteiger partial charge is 0.333 e. The molecule has 1 fully saturated rings. The van der Waals surface area contributed by atoms with E-state index in [1.807, 2.05) is 24.3 Å². The van der Waals surface area contributed by atoms with E-state index in [1.54, 1.807) is 19.9 Å². The van der Waals surface area contributed by atoms with Crippen LogP contribution in [-0.2, 0) is 51.0 Å². The quantitative estimate of drug-likeness (QED) is 0.0421. The van der Waals surface area contributed by atoms with Gasteiger partial charge in [-0.3, -0.25) is 0 Å². The molecule has 3 rings (SSSR count). The molecule has 0 bridgehead atoms. The second kappa shape index (κ2) is 25.0. The highest BCUT2D eigenvalue weighted by Crippen LogP contribution is 2.40. The van der Waals surface area contributed by atoms with E-state index < -0.39 is 29.3 Å². The zero-order valence-corrected chi connectivity index (χ0v) is 37.2. The summed E-state index contributed by atoms with van der Waals surface area (Å²) in [4.78, 5) is 49.5. The van der Waals surface area contributed by atoms with Crippen molar-refractivity contribution in [3.63, 3.8) is 0 Å². The third-order valence-corrected chi connectivity index (χ3v) is 11.1. The summed E-state index contributed by atoms with van der Waals surface area (Å²) in [5, 5.41) is 0. The zero-order chi connectivity index (χ0) is 45.1. The molecule has 2 aromatic rings. The number of carbonyl (C=O) groups excluding carboxylic acids is 4. The molecule has 0 unspecified atom stereocenters. The Balaban J connectivity index is 2.07. The van der Waals surface area contributed by atoms with Crippen LogP contribution in [0.25, 0.3) is 11.1 Å². The Labute approximate surface area is 362 Å². The van der Waals surface area contributed by atoms with Gasteiger partial charge in [0.15, 0.2) is 0 Å². The minimum absolute atomic E-state index is 0.0892. The van der Waals surface area contributed by atoms with Crippen LogP contribution < -0.4 is 10.5 Å². The molecule has 1 aliphatic rings. The summed E-state index contributed by atoms with van der Waals surface area (Å²) in [7, 11) is 0. The topological polar surface area (TPSA) is 140 Å². The lowest BCUT2D eigenvalue weighted by Crippen LogP contribution is -2.46. The summed E-state index contributed by atoms with van der Waals surface area (Å²) in [6, 6.07) is 9.28. The number of halogens is 1. The van der Waals surface area contributed by atoms with Gasteiger partial charge in [-0.05, 0) is 131 Å². The van der Waals surface area contributed by atoms with Gasteiger partial charge in [0.25, 0.3) is 0 Å². The third-order valence-electron chi connectivity index (χ3n) is 11.1. The number of rotatable bonds is 26. The molecular weight excluding hydrogens is 778 g/mol. The number of ether oxygens (including phenoxy) is 5. The first-order valence-corrected chi connectivity index (χ1v) is 21.6. The molecular formula is C50H68FNO9. The number of unbranched alkanes of at least 4 members (excludes halogenated alkanes) is 2. The van der Waals surface area contributed by atoms with Gasteiger partial charge in [-0.25, -0.2) is 23.6 Å². The Hall–Kier alpha value is -5.03. The van der Waals surface area contributed by atoms with Crippen LogP contribution in [0.3, 0.4) is 0 Å². The molecule has 1 aliphatic carbocycles. The predicted molar refractivity (Wildman–Crippen MR) is 237 cm³/mol. The molecule has 0 radical (unpaired) electrons. The van der Waals surface area contributed by atoms with Crippen molar-refractivity contribution in [2.75, 3.05) is 39.6 Å². The van der Waals surface area contributed by atoms with Crippen molar-refractivity contribution >= 4 is 23.9 Å². The van der Waals surface area contributed by atoms with Gasteiger partial charge in [-0.1, -0.05) is 71.1 Å². The minimum atomic E-state index is -1.20. The number of nitrogens with two attached hydrogens (primary N) is 1. The van der Waals surface area contributed by atoms with Crippen LogP contribution in [0, 0.1) is 17.2 Å². The highest BCUT2D eigenvalue weighted by atomic mass is 19.1. The van der Waals surface area contributed by atoms with Crippen molar-refractivity contribution in [2.24, 2.45) is 17.1 Å². The maximum absolute atomic E-state index is 16.4. The fraction of sp³-hybridized carbons (Fsp3) is 0.520. The average molecular weight is 846 g/mol. The Morgan fingerprint density at radius 1 is 0.689 bits per heavy atom. The summed E-state index contributed by atoms with van der Waals surface area (Å²) < 4.78 is 44.9. The van der Waals surface area contributed by atoms with E-state index in [9.17, 15) is 19.2 Å². The van der Waals surface area contributed by atoms with Crippen molar-refractivity contribution in [3.05, 3.63) is 101 Å². The highest BCUT2D eigenvalue weighted by molar-refractivity contribution is 5.88. The average Bonchev–Trinajstić information content (AvgIpc) is 3.23. The molecule has 0 aliphatic heterocycles. The van der Waals surface area contributed by atoms with Crippen LogP contribution in [0.15, 0.2) is 78.9 Å². The van der Waals surface area contributed by atoms with Crippen LogP contribution in [0.1, 0.15) is 121 Å². The Kier molecular flexibility index (Phi) is 20.7. The summed E-state index contributed by atoms with van der Waals surface area (Å²) in [5.41, 5.74) is 9.45. The standard InChI is InChI=1S/C50H68FNO9/c1-10-11-12-15-37-18-20-38(21-19-37)39-22-23-43(44(51)28-39)42-26-40(16-13-24-57-46(53)33(2)3)45(41(27-42)17-14-25-58-47(54)34(4)5)59-30-50(29-52,31-60-48(55)35(6)7)32-61-49(56)36(8)9/h22-23,26-28,37-38H,2,4,6,8,10-21,24-25,29-32,52H2,1,3,5,7,9H3. The SMILES string of the molecule is C=C(C)C(=O)OCCCc1cc(-c2ccc(C3CCC(CCCCC)CC3)cc2F)cc(CCCOC(=O)C(=C)C)c1OCC(CN)(COC(=O)C(=C)C)COC(=O)C(=C)C. The van der Waals surface area contributed by atoms with Crippen molar-refractivity contribution in [1.29, 1.82) is 0 Å². The van der Waals surface area contributed by atoms with Gasteiger partial charge in [0, 0.05) is 34.4 Å². The molecule has 1 saturated carbocycles. The van der Waals surface area contributed by atoms with Crippen LogP contribution in [0.4, 0.5) is 4.39 Å². The van der Waals surface area contributed by atoms with Crippen molar-refractivity contribution < 1.29 is 47.3 Å². The third kappa shape index (κ3) is 16.1. The van der Waals surface area contributed by atoms with E-state index in [2.05, 4.69) is 33.2 Å². The largest absolute Gasteiger partial charge is 0.492 e. The lowest BCUT2D eigenvalue weighted by molar-refractivity contribution is -0.150. The molecule has 0 atom stereocenters. The van der Waals surface area contributed by atoms with Gasteiger partial charge >= 0.3 is 23.9 Å². The summed E-state index contributed by atoms with van der Waals surface area (Å²) >= 11 is 0. The summed E-state index contributed by atoms with van der Waals surface area (Å²) in [5.74, 6) is -1.15. The Bertz CT molecular complexity index is 1810. The maximum Gasteiger partial charge on any atom is 0.333 e. The van der Waals surface area contributed by atoms with E-state index in [1.165, 1.54) is 39.5 Å². The number of carbonyl (C=O) groups is 4. The molecule has 0 amide bonds. The monoisotopic (exact) mass is 845 g/mol.